The number of hydrogen-bond acceptors (Lipinski definition) is 6. The molecular weight excluding hydrogens is 336 g/mol. The van der Waals surface area contributed by atoms with Crippen LogP contribution in [0.15, 0.2) is 41.5 Å². The number of nitrogens with one attached hydrogen (secondary N) is 1. The van der Waals surface area contributed by atoms with Crippen LogP contribution in [0, 0.1) is 0 Å². The predicted octanol–water partition coefficient (Wildman–Crippen LogP) is 2.41. The van der Waals surface area contributed by atoms with Gasteiger partial charge in [-0.05, 0) is 41.5 Å². The number of hydrazone groups is 1. The molecule has 7 nitrogen and oxygen atoms in total. The molecule has 0 saturated heterocycles. The van der Waals surface area contributed by atoms with Gasteiger partial charge in [0.2, 0.25) is 5.91 Å². The van der Waals surface area contributed by atoms with E-state index >= 15 is 0 Å². The first kappa shape index (κ1) is 19.1. The molecule has 0 bridgehead atoms. The monoisotopic (exact) mass is 358 g/mol. The van der Waals surface area contributed by atoms with E-state index < -0.39 is 0 Å². The zero-order chi connectivity index (χ0) is 18.9. The molecule has 1 amide bonds. The standard InChI is InChI=1S/C19H22N2O5/c1-23-15-7-5-13(9-17(15)25-3)11-19(22)21-20-12-14-6-8-16(24-2)18(10-14)26-4/h5-10,12H,11H2,1-4H3,(H,21,22)/b20-12+. The maximum Gasteiger partial charge on any atom is 0.244 e. The van der Waals surface area contributed by atoms with Crippen molar-refractivity contribution in [3.63, 3.8) is 0 Å². The summed E-state index contributed by atoms with van der Waals surface area (Å²) in [6.07, 6.45) is 1.71. The van der Waals surface area contributed by atoms with Crippen molar-refractivity contribution < 1.29 is 23.7 Å². The third-order valence-corrected chi connectivity index (χ3v) is 3.62. The minimum absolute atomic E-state index is 0.170. The van der Waals surface area contributed by atoms with Crippen molar-refractivity contribution >= 4 is 12.1 Å². The van der Waals surface area contributed by atoms with Crippen LogP contribution in [0.1, 0.15) is 11.1 Å². The van der Waals surface area contributed by atoms with Gasteiger partial charge >= 0.3 is 0 Å². The summed E-state index contributed by atoms with van der Waals surface area (Å²) >= 11 is 0. The van der Waals surface area contributed by atoms with Crippen LogP contribution in [0.5, 0.6) is 23.0 Å². The number of carbonyl (C=O) groups is 1. The van der Waals surface area contributed by atoms with Gasteiger partial charge in [-0.25, -0.2) is 5.43 Å². The first-order chi connectivity index (χ1) is 12.6. The molecule has 2 rings (SSSR count). The van der Waals surface area contributed by atoms with E-state index in [0.717, 1.165) is 11.1 Å². The maximum atomic E-state index is 12.0. The van der Waals surface area contributed by atoms with Gasteiger partial charge in [0.25, 0.3) is 0 Å². The highest BCUT2D eigenvalue weighted by atomic mass is 16.5. The Bertz CT molecular complexity index is 789. The number of benzene rings is 2. The Kier molecular flexibility index (Phi) is 6.84. The molecule has 2 aromatic carbocycles. The van der Waals surface area contributed by atoms with Crippen molar-refractivity contribution in [1.82, 2.24) is 5.43 Å². The second-order valence-electron chi connectivity index (χ2n) is 5.27. The van der Waals surface area contributed by atoms with E-state index in [9.17, 15) is 4.79 Å². The van der Waals surface area contributed by atoms with Gasteiger partial charge in [-0.15, -0.1) is 0 Å². The fourth-order valence-electron chi connectivity index (χ4n) is 2.33. The van der Waals surface area contributed by atoms with E-state index in [4.69, 9.17) is 18.9 Å². The number of hydrogen-bond donors (Lipinski definition) is 1. The molecule has 0 aliphatic heterocycles. The molecule has 0 aliphatic rings. The molecule has 0 spiro atoms. The van der Waals surface area contributed by atoms with Gasteiger partial charge in [0.1, 0.15) is 0 Å². The zero-order valence-corrected chi connectivity index (χ0v) is 15.2. The molecule has 0 aliphatic carbocycles. The van der Waals surface area contributed by atoms with Crippen LogP contribution in [0.3, 0.4) is 0 Å². The Morgan fingerprint density at radius 3 is 2.08 bits per heavy atom. The minimum Gasteiger partial charge on any atom is -0.493 e. The van der Waals surface area contributed by atoms with Crippen molar-refractivity contribution in [3.05, 3.63) is 47.5 Å². The quantitative estimate of drug-likeness (QED) is 0.579. The molecule has 0 fully saturated rings. The van der Waals surface area contributed by atoms with Gasteiger partial charge in [-0.3, -0.25) is 4.79 Å². The lowest BCUT2D eigenvalue weighted by Gasteiger charge is -2.09. The summed E-state index contributed by atoms with van der Waals surface area (Å²) in [5.41, 5.74) is 4.06. The summed E-state index contributed by atoms with van der Waals surface area (Å²) < 4.78 is 20.8. The molecule has 0 radical (unpaired) electrons. The molecule has 7 heteroatoms. The highest BCUT2D eigenvalue weighted by Crippen LogP contribution is 2.28. The second-order valence-corrected chi connectivity index (χ2v) is 5.27. The van der Waals surface area contributed by atoms with Crippen LogP contribution in [-0.2, 0) is 11.2 Å². The van der Waals surface area contributed by atoms with Crippen LogP contribution >= 0.6 is 0 Å². The predicted molar refractivity (Wildman–Crippen MR) is 98.5 cm³/mol. The highest BCUT2D eigenvalue weighted by molar-refractivity contribution is 5.84. The molecule has 0 heterocycles. The van der Waals surface area contributed by atoms with E-state index in [1.807, 2.05) is 6.07 Å². The van der Waals surface area contributed by atoms with Crippen LogP contribution < -0.4 is 24.4 Å². The molecular formula is C19H22N2O5. The van der Waals surface area contributed by atoms with E-state index in [0.29, 0.717) is 23.0 Å². The van der Waals surface area contributed by atoms with Crippen molar-refractivity contribution in [3.8, 4) is 23.0 Å². The van der Waals surface area contributed by atoms with Gasteiger partial charge in [0.15, 0.2) is 23.0 Å². The Hall–Kier alpha value is -3.22. The smallest absolute Gasteiger partial charge is 0.244 e. The summed E-state index contributed by atoms with van der Waals surface area (Å²) in [5.74, 6) is 2.17. The molecule has 0 aromatic heterocycles. The lowest BCUT2D eigenvalue weighted by molar-refractivity contribution is -0.120. The van der Waals surface area contributed by atoms with Crippen molar-refractivity contribution in [2.75, 3.05) is 28.4 Å². The molecule has 26 heavy (non-hydrogen) atoms. The Morgan fingerprint density at radius 1 is 0.885 bits per heavy atom. The van der Waals surface area contributed by atoms with Crippen LogP contribution in [0.25, 0.3) is 0 Å². The normalized spacial score (nSPS) is 10.5. The molecule has 138 valence electrons. The van der Waals surface area contributed by atoms with Crippen molar-refractivity contribution in [2.24, 2.45) is 5.10 Å². The first-order valence-electron chi connectivity index (χ1n) is 7.86. The van der Waals surface area contributed by atoms with Gasteiger partial charge in [0, 0.05) is 0 Å². The van der Waals surface area contributed by atoms with E-state index in [-0.39, 0.29) is 12.3 Å². The average molecular weight is 358 g/mol. The van der Waals surface area contributed by atoms with Gasteiger partial charge < -0.3 is 18.9 Å². The lowest BCUT2D eigenvalue weighted by Crippen LogP contribution is -2.19. The Balaban J connectivity index is 1.97. The van der Waals surface area contributed by atoms with Crippen LogP contribution in [-0.4, -0.2) is 40.6 Å². The molecule has 2 aromatic rings. The number of methoxy groups -OCH3 is 4. The van der Waals surface area contributed by atoms with E-state index in [1.165, 1.54) is 6.21 Å². The fraction of sp³-hybridized carbons (Fsp3) is 0.263. The summed E-state index contributed by atoms with van der Waals surface area (Å²) in [7, 11) is 6.24. The molecule has 0 atom stereocenters. The summed E-state index contributed by atoms with van der Waals surface area (Å²) in [6.45, 7) is 0. The fourth-order valence-corrected chi connectivity index (χ4v) is 2.33. The van der Waals surface area contributed by atoms with Crippen molar-refractivity contribution in [2.45, 2.75) is 6.42 Å². The number of nitrogens with zero attached hydrogens (tertiary/aromatic N) is 1. The zero-order valence-electron chi connectivity index (χ0n) is 15.2. The van der Waals surface area contributed by atoms with Gasteiger partial charge in [-0.1, -0.05) is 6.07 Å². The number of amides is 1. The number of carbonyl (C=O) groups excluding carboxylic acids is 1. The van der Waals surface area contributed by atoms with Crippen LogP contribution in [0.4, 0.5) is 0 Å². The molecule has 0 saturated carbocycles. The molecule has 1 N–H and O–H groups in total. The topological polar surface area (TPSA) is 78.4 Å². The maximum absolute atomic E-state index is 12.0. The largest absolute Gasteiger partial charge is 0.493 e. The lowest BCUT2D eigenvalue weighted by atomic mass is 10.1. The molecule has 0 unspecified atom stereocenters. The number of ether oxygens (including phenoxy) is 4. The second kappa shape index (κ2) is 9.31. The summed E-state index contributed by atoms with van der Waals surface area (Å²) in [4.78, 5) is 12.0. The van der Waals surface area contributed by atoms with E-state index in [2.05, 4.69) is 10.5 Å². The highest BCUT2D eigenvalue weighted by Gasteiger charge is 2.08. The van der Waals surface area contributed by atoms with Gasteiger partial charge in [-0.2, -0.15) is 5.10 Å². The third kappa shape index (κ3) is 4.89. The van der Waals surface area contributed by atoms with Crippen LogP contribution in [0.2, 0.25) is 0 Å². The average Bonchev–Trinajstić information content (AvgIpc) is 2.67. The SMILES string of the molecule is COc1ccc(/C=N/NC(=O)Cc2ccc(OC)c(OC)c2)cc1OC. The summed E-state index contributed by atoms with van der Waals surface area (Å²) in [5, 5.41) is 3.97. The van der Waals surface area contributed by atoms with Crippen molar-refractivity contribution in [1.29, 1.82) is 0 Å². The summed E-state index contributed by atoms with van der Waals surface area (Å²) in [6, 6.07) is 10.7. The minimum atomic E-state index is -0.242. The van der Waals surface area contributed by atoms with E-state index in [1.54, 1.807) is 58.8 Å². The number of rotatable bonds is 8. The first-order valence-corrected chi connectivity index (χ1v) is 7.86. The Morgan fingerprint density at radius 2 is 1.46 bits per heavy atom. The van der Waals surface area contributed by atoms with Gasteiger partial charge in [0.05, 0.1) is 41.1 Å². The Labute approximate surface area is 152 Å². The third-order valence-electron chi connectivity index (χ3n) is 3.62.